The van der Waals surface area contributed by atoms with Gasteiger partial charge in [0.25, 0.3) is 0 Å². The summed E-state index contributed by atoms with van der Waals surface area (Å²) < 4.78 is 4.47. The summed E-state index contributed by atoms with van der Waals surface area (Å²) in [7, 11) is 0. The predicted molar refractivity (Wildman–Crippen MR) is 45.5 cm³/mol. The highest BCUT2D eigenvalue weighted by Crippen LogP contribution is 1.98. The van der Waals surface area contributed by atoms with Crippen molar-refractivity contribution >= 4 is 28.7 Å². The average molecular weight is 251 g/mol. The Hall–Kier alpha value is -0.170. The van der Waals surface area contributed by atoms with Crippen LogP contribution in [0, 0.1) is 5.21 Å². The molecule has 0 bridgehead atoms. The number of hydrogen-bond acceptors (Lipinski definition) is 2. The molecule has 0 radical (unpaired) electrons. The molecule has 0 aromatic heterocycles. The summed E-state index contributed by atoms with van der Waals surface area (Å²) in [5.41, 5.74) is 0.580. The highest BCUT2D eigenvalue weighted by Gasteiger charge is 1.97. The number of benzene rings is 1. The molecule has 0 aliphatic heterocycles. The van der Waals surface area contributed by atoms with E-state index >= 15 is 0 Å². The van der Waals surface area contributed by atoms with Crippen molar-refractivity contribution in [2.45, 2.75) is 0 Å². The van der Waals surface area contributed by atoms with Crippen LogP contribution in [-0.4, -0.2) is 0 Å². The van der Waals surface area contributed by atoms with Gasteiger partial charge in [0.15, 0.2) is 28.7 Å². The molecule has 0 amide bonds. The van der Waals surface area contributed by atoms with Crippen LogP contribution in [0.2, 0.25) is 0 Å². The standard InChI is InChI=1S/C6H6INO2/c7-10-8(9)6-4-2-1-3-5-6/h1-5,8H. The van der Waals surface area contributed by atoms with Gasteiger partial charge in [-0.05, 0) is 0 Å². The molecule has 54 valence electrons. The molecular formula is C6H6INO2. The maximum atomic E-state index is 10.8. The topological polar surface area (TPSA) is 36.7 Å². The minimum atomic E-state index is -0.304. The monoisotopic (exact) mass is 251 g/mol. The quantitative estimate of drug-likeness (QED) is 0.628. The van der Waals surface area contributed by atoms with E-state index in [1.807, 2.05) is 6.07 Å². The Labute approximate surface area is 72.8 Å². The first-order chi connectivity index (χ1) is 4.84. The van der Waals surface area contributed by atoms with Crippen LogP contribution in [0.4, 0.5) is 5.69 Å². The lowest BCUT2D eigenvalue weighted by Crippen LogP contribution is -2.99. The van der Waals surface area contributed by atoms with Gasteiger partial charge in [0.05, 0.1) is 0 Å². The van der Waals surface area contributed by atoms with Crippen molar-refractivity contribution in [3.63, 3.8) is 0 Å². The van der Waals surface area contributed by atoms with Gasteiger partial charge < -0.3 is 5.21 Å². The van der Waals surface area contributed by atoms with E-state index in [0.29, 0.717) is 5.69 Å². The van der Waals surface area contributed by atoms with Crippen molar-refractivity contribution in [2.24, 2.45) is 0 Å². The summed E-state index contributed by atoms with van der Waals surface area (Å²) in [6.07, 6.45) is 0. The van der Waals surface area contributed by atoms with E-state index in [1.54, 1.807) is 47.3 Å². The molecule has 1 rings (SSSR count). The van der Waals surface area contributed by atoms with Crippen LogP contribution in [0.1, 0.15) is 0 Å². The fourth-order valence-electron chi connectivity index (χ4n) is 0.619. The number of hydrogen-bond donors (Lipinski definition) is 1. The first kappa shape index (κ1) is 7.93. The van der Waals surface area contributed by atoms with Gasteiger partial charge in [0, 0.05) is 12.1 Å². The first-order valence-electron chi connectivity index (χ1n) is 2.72. The van der Waals surface area contributed by atoms with Crippen LogP contribution in [0.25, 0.3) is 0 Å². The Morgan fingerprint density at radius 2 is 1.90 bits per heavy atom. The van der Waals surface area contributed by atoms with E-state index in [2.05, 4.69) is 3.17 Å². The van der Waals surface area contributed by atoms with Gasteiger partial charge in [-0.2, -0.15) is 5.23 Å². The molecule has 0 aliphatic carbocycles. The first-order valence-corrected chi connectivity index (χ1v) is 3.60. The molecule has 1 N–H and O–H groups in total. The zero-order chi connectivity index (χ0) is 7.40. The van der Waals surface area contributed by atoms with Gasteiger partial charge in [-0.3, -0.25) is 0 Å². The second-order valence-corrected chi connectivity index (χ2v) is 2.17. The highest BCUT2D eigenvalue weighted by atomic mass is 127. The number of halogens is 1. The van der Waals surface area contributed by atoms with E-state index < -0.39 is 0 Å². The minimum absolute atomic E-state index is 0.304. The minimum Gasteiger partial charge on any atom is -0.594 e. The van der Waals surface area contributed by atoms with Crippen LogP contribution in [0.15, 0.2) is 30.3 Å². The third-order valence-corrected chi connectivity index (χ3v) is 1.48. The van der Waals surface area contributed by atoms with Crippen molar-refractivity contribution in [3.8, 4) is 0 Å². The third kappa shape index (κ3) is 1.91. The second-order valence-electron chi connectivity index (χ2n) is 1.73. The molecule has 10 heavy (non-hydrogen) atoms. The molecule has 1 aromatic rings. The Morgan fingerprint density at radius 1 is 1.30 bits per heavy atom. The molecule has 1 atom stereocenters. The van der Waals surface area contributed by atoms with Gasteiger partial charge in [0.1, 0.15) is 0 Å². The summed E-state index contributed by atoms with van der Waals surface area (Å²) in [4.78, 5) is 0. The van der Waals surface area contributed by atoms with E-state index in [4.69, 9.17) is 0 Å². The SMILES string of the molecule is [O-][NH+](OI)c1ccccc1. The number of nitrogens with one attached hydrogen (secondary N) is 1. The Bertz CT molecular complexity index is 192. The van der Waals surface area contributed by atoms with Crippen molar-refractivity contribution < 1.29 is 8.39 Å². The molecular weight excluding hydrogens is 245 g/mol. The molecule has 0 saturated carbocycles. The average Bonchev–Trinajstić information content (AvgIpc) is 2.05. The van der Waals surface area contributed by atoms with E-state index in [1.165, 1.54) is 0 Å². The molecule has 0 fully saturated rings. The van der Waals surface area contributed by atoms with E-state index in [0.717, 1.165) is 0 Å². The molecule has 4 heteroatoms. The maximum Gasteiger partial charge on any atom is 0.190 e. The van der Waals surface area contributed by atoms with Crippen molar-refractivity contribution in [3.05, 3.63) is 35.5 Å². The molecule has 3 nitrogen and oxygen atoms in total. The van der Waals surface area contributed by atoms with E-state index in [9.17, 15) is 5.21 Å². The maximum absolute atomic E-state index is 10.8. The summed E-state index contributed by atoms with van der Waals surface area (Å²) in [6.45, 7) is 0. The molecule has 0 spiro atoms. The van der Waals surface area contributed by atoms with Crippen LogP contribution >= 0.6 is 23.0 Å². The van der Waals surface area contributed by atoms with Crippen LogP contribution in [-0.2, 0) is 3.17 Å². The van der Waals surface area contributed by atoms with Gasteiger partial charge in [-0.1, -0.05) is 18.2 Å². The van der Waals surface area contributed by atoms with Crippen LogP contribution < -0.4 is 5.23 Å². The summed E-state index contributed by atoms with van der Waals surface area (Å²) in [5, 5.41) is 10.5. The van der Waals surface area contributed by atoms with Crippen molar-refractivity contribution in [1.29, 1.82) is 0 Å². The van der Waals surface area contributed by atoms with Crippen LogP contribution in [0.5, 0.6) is 0 Å². The normalized spacial score (nSPS) is 13.0. The van der Waals surface area contributed by atoms with Gasteiger partial charge in [0.2, 0.25) is 0 Å². The molecule has 0 aliphatic rings. The van der Waals surface area contributed by atoms with E-state index in [-0.39, 0.29) is 5.23 Å². The summed E-state index contributed by atoms with van der Waals surface area (Å²) >= 11 is 1.57. The van der Waals surface area contributed by atoms with Gasteiger partial charge in [-0.25, -0.2) is 0 Å². The zero-order valence-electron chi connectivity index (χ0n) is 5.08. The fraction of sp³-hybridized carbons (Fsp3) is 0. The number of quaternary nitrogens is 1. The smallest absolute Gasteiger partial charge is 0.190 e. The lowest BCUT2D eigenvalue weighted by atomic mass is 10.3. The molecule has 1 aromatic carbocycles. The Morgan fingerprint density at radius 3 is 2.40 bits per heavy atom. The lowest BCUT2D eigenvalue weighted by molar-refractivity contribution is -0.952. The molecule has 1 unspecified atom stereocenters. The Balaban J connectivity index is 2.75. The third-order valence-electron chi connectivity index (χ3n) is 1.08. The number of rotatable bonds is 2. The summed E-state index contributed by atoms with van der Waals surface area (Å²) in [5.74, 6) is 0. The summed E-state index contributed by atoms with van der Waals surface area (Å²) in [6, 6.07) is 8.86. The fourth-order valence-corrected chi connectivity index (χ4v) is 0.873. The zero-order valence-corrected chi connectivity index (χ0v) is 7.24. The predicted octanol–water partition coefficient (Wildman–Crippen LogP) is 0.982. The Kier molecular flexibility index (Phi) is 3.07. The van der Waals surface area contributed by atoms with Crippen molar-refractivity contribution in [1.82, 2.24) is 0 Å². The molecule has 0 heterocycles. The second kappa shape index (κ2) is 3.87. The van der Waals surface area contributed by atoms with Gasteiger partial charge in [-0.15, -0.1) is 3.17 Å². The highest BCUT2D eigenvalue weighted by molar-refractivity contribution is 14.1. The largest absolute Gasteiger partial charge is 0.594 e. The van der Waals surface area contributed by atoms with Crippen molar-refractivity contribution in [2.75, 3.05) is 0 Å². The van der Waals surface area contributed by atoms with Gasteiger partial charge >= 0.3 is 0 Å². The lowest BCUT2D eigenvalue weighted by Gasteiger charge is -2.13. The molecule has 0 saturated heterocycles. The van der Waals surface area contributed by atoms with Crippen LogP contribution in [0.3, 0.4) is 0 Å².